The molecule has 2 aromatic rings. The number of rotatable bonds is 6. The van der Waals surface area contributed by atoms with Gasteiger partial charge in [0.25, 0.3) is 5.91 Å². The van der Waals surface area contributed by atoms with Crippen LogP contribution >= 0.6 is 11.3 Å². The molecule has 2 heterocycles. The quantitative estimate of drug-likeness (QED) is 0.818. The van der Waals surface area contributed by atoms with Crippen LogP contribution in [0.2, 0.25) is 0 Å². The van der Waals surface area contributed by atoms with Crippen LogP contribution in [0.1, 0.15) is 29.8 Å². The van der Waals surface area contributed by atoms with E-state index in [9.17, 15) is 4.79 Å². The summed E-state index contributed by atoms with van der Waals surface area (Å²) in [6, 6.07) is 9.96. The number of carbonyl (C=O) groups is 1. The van der Waals surface area contributed by atoms with Crippen LogP contribution in [0, 0.1) is 0 Å². The molecule has 1 aliphatic rings. The van der Waals surface area contributed by atoms with Crippen molar-refractivity contribution in [3.8, 4) is 10.6 Å². The number of ether oxygens (including phenoxy) is 1. The van der Waals surface area contributed by atoms with Gasteiger partial charge in [0.05, 0.1) is 6.10 Å². The van der Waals surface area contributed by atoms with E-state index in [0.29, 0.717) is 18.8 Å². The standard InChI is InChI=1S/C18H23N3O2S/c19-9-4-12-23-15-7-10-21(11-8-15)18(22)16-13-24-17(20-16)14-5-2-1-3-6-14/h1-3,5-6,13,15H,4,7-12,19H2. The van der Waals surface area contributed by atoms with Crippen molar-refractivity contribution in [2.75, 3.05) is 26.2 Å². The summed E-state index contributed by atoms with van der Waals surface area (Å²) in [5.74, 6) is 0.0221. The summed E-state index contributed by atoms with van der Waals surface area (Å²) in [5, 5.41) is 2.74. The lowest BCUT2D eigenvalue weighted by molar-refractivity contribution is 0.00831. The first-order valence-corrected chi connectivity index (χ1v) is 9.28. The Balaban J connectivity index is 1.55. The number of likely N-dealkylation sites (tertiary alicyclic amines) is 1. The fraction of sp³-hybridized carbons (Fsp3) is 0.444. The second kappa shape index (κ2) is 8.37. The Hall–Kier alpha value is -1.76. The van der Waals surface area contributed by atoms with Gasteiger partial charge in [-0.05, 0) is 25.8 Å². The number of hydrogen-bond donors (Lipinski definition) is 1. The predicted octanol–water partition coefficient (Wildman–Crippen LogP) is 2.78. The molecule has 0 radical (unpaired) electrons. The van der Waals surface area contributed by atoms with Gasteiger partial charge in [-0.15, -0.1) is 11.3 Å². The van der Waals surface area contributed by atoms with Gasteiger partial charge >= 0.3 is 0 Å². The van der Waals surface area contributed by atoms with Gasteiger partial charge in [0.1, 0.15) is 10.7 Å². The molecular formula is C18H23N3O2S. The highest BCUT2D eigenvalue weighted by Crippen LogP contribution is 2.24. The lowest BCUT2D eigenvalue weighted by atomic mass is 10.1. The van der Waals surface area contributed by atoms with Crippen molar-refractivity contribution in [3.63, 3.8) is 0 Å². The molecule has 0 saturated carbocycles. The molecule has 0 atom stereocenters. The number of carbonyl (C=O) groups excluding carboxylic acids is 1. The van der Waals surface area contributed by atoms with E-state index in [1.54, 1.807) is 0 Å². The molecule has 24 heavy (non-hydrogen) atoms. The molecule has 1 aromatic carbocycles. The Labute approximate surface area is 146 Å². The molecule has 0 aliphatic carbocycles. The molecule has 1 aromatic heterocycles. The Morgan fingerprint density at radius 3 is 2.75 bits per heavy atom. The average Bonchev–Trinajstić information content (AvgIpc) is 3.13. The number of nitrogens with zero attached hydrogens (tertiary/aromatic N) is 2. The number of aromatic nitrogens is 1. The van der Waals surface area contributed by atoms with Crippen molar-refractivity contribution in [1.82, 2.24) is 9.88 Å². The number of amides is 1. The largest absolute Gasteiger partial charge is 0.378 e. The van der Waals surface area contributed by atoms with Gasteiger partial charge < -0.3 is 15.4 Å². The summed E-state index contributed by atoms with van der Waals surface area (Å²) >= 11 is 1.51. The zero-order valence-electron chi connectivity index (χ0n) is 13.7. The zero-order chi connectivity index (χ0) is 16.8. The molecule has 0 spiro atoms. The second-order valence-corrected chi connectivity index (χ2v) is 6.77. The number of hydrogen-bond acceptors (Lipinski definition) is 5. The zero-order valence-corrected chi connectivity index (χ0v) is 14.5. The van der Waals surface area contributed by atoms with E-state index in [0.717, 1.165) is 42.9 Å². The van der Waals surface area contributed by atoms with Gasteiger partial charge in [-0.25, -0.2) is 4.98 Å². The SMILES string of the molecule is NCCCOC1CCN(C(=O)c2csc(-c3ccccc3)n2)CC1. The van der Waals surface area contributed by atoms with Gasteiger partial charge in [0.2, 0.25) is 0 Å². The second-order valence-electron chi connectivity index (χ2n) is 5.91. The predicted molar refractivity (Wildman–Crippen MR) is 96.1 cm³/mol. The van der Waals surface area contributed by atoms with Gasteiger partial charge in [-0.3, -0.25) is 4.79 Å². The van der Waals surface area contributed by atoms with Gasteiger partial charge in [0.15, 0.2) is 0 Å². The molecule has 1 amide bonds. The van der Waals surface area contributed by atoms with Crippen LogP contribution in [0.3, 0.4) is 0 Å². The van der Waals surface area contributed by atoms with Crippen molar-refractivity contribution in [2.24, 2.45) is 5.73 Å². The monoisotopic (exact) mass is 345 g/mol. The molecule has 1 saturated heterocycles. The maximum absolute atomic E-state index is 12.6. The molecule has 2 N–H and O–H groups in total. The van der Waals surface area contributed by atoms with Crippen LogP contribution < -0.4 is 5.73 Å². The van der Waals surface area contributed by atoms with E-state index in [1.165, 1.54) is 11.3 Å². The first kappa shape index (κ1) is 17.1. The minimum absolute atomic E-state index is 0.0221. The molecule has 3 rings (SSSR count). The molecule has 1 fully saturated rings. The van der Waals surface area contributed by atoms with Gasteiger partial charge in [0, 0.05) is 30.6 Å². The van der Waals surface area contributed by atoms with Crippen LogP contribution in [0.4, 0.5) is 0 Å². The topological polar surface area (TPSA) is 68.5 Å². The maximum Gasteiger partial charge on any atom is 0.273 e. The average molecular weight is 345 g/mol. The fourth-order valence-corrected chi connectivity index (χ4v) is 3.61. The van der Waals surface area contributed by atoms with E-state index in [4.69, 9.17) is 10.5 Å². The van der Waals surface area contributed by atoms with E-state index >= 15 is 0 Å². The summed E-state index contributed by atoms with van der Waals surface area (Å²) in [5.41, 5.74) is 7.07. The van der Waals surface area contributed by atoms with Gasteiger partial charge in [-0.1, -0.05) is 30.3 Å². The highest BCUT2D eigenvalue weighted by atomic mass is 32.1. The van der Waals surface area contributed by atoms with Crippen molar-refractivity contribution in [1.29, 1.82) is 0 Å². The molecule has 128 valence electrons. The third-order valence-corrected chi connectivity index (χ3v) is 5.07. The van der Waals surface area contributed by atoms with Gasteiger partial charge in [-0.2, -0.15) is 0 Å². The Morgan fingerprint density at radius 1 is 1.29 bits per heavy atom. The van der Waals surface area contributed by atoms with Crippen LogP contribution in [0.15, 0.2) is 35.7 Å². The Bertz CT molecular complexity index is 651. The molecule has 5 nitrogen and oxygen atoms in total. The van der Waals surface area contributed by atoms with Crippen LogP contribution in [-0.4, -0.2) is 48.1 Å². The first-order chi connectivity index (χ1) is 11.8. The van der Waals surface area contributed by atoms with Crippen molar-refractivity contribution in [3.05, 3.63) is 41.4 Å². The van der Waals surface area contributed by atoms with Crippen LogP contribution in [-0.2, 0) is 4.74 Å². The third kappa shape index (κ3) is 4.20. The first-order valence-electron chi connectivity index (χ1n) is 8.40. The van der Waals surface area contributed by atoms with Crippen LogP contribution in [0.5, 0.6) is 0 Å². The van der Waals surface area contributed by atoms with Crippen molar-refractivity contribution >= 4 is 17.2 Å². The van der Waals surface area contributed by atoms with Crippen molar-refractivity contribution in [2.45, 2.75) is 25.4 Å². The summed E-state index contributed by atoms with van der Waals surface area (Å²) in [6.45, 7) is 2.82. The smallest absolute Gasteiger partial charge is 0.273 e. The van der Waals surface area contributed by atoms with Crippen LogP contribution in [0.25, 0.3) is 10.6 Å². The van der Waals surface area contributed by atoms with E-state index in [-0.39, 0.29) is 12.0 Å². The highest BCUT2D eigenvalue weighted by Gasteiger charge is 2.25. The highest BCUT2D eigenvalue weighted by molar-refractivity contribution is 7.13. The lowest BCUT2D eigenvalue weighted by Gasteiger charge is -2.31. The molecule has 1 aliphatic heterocycles. The molecule has 0 bridgehead atoms. The fourth-order valence-electron chi connectivity index (χ4n) is 2.81. The maximum atomic E-state index is 12.6. The molecule has 0 unspecified atom stereocenters. The number of benzene rings is 1. The molecule has 6 heteroatoms. The number of piperidine rings is 1. The minimum Gasteiger partial charge on any atom is -0.378 e. The minimum atomic E-state index is 0.0221. The Kier molecular flexibility index (Phi) is 5.96. The number of nitrogens with two attached hydrogens (primary N) is 1. The molecular weight excluding hydrogens is 322 g/mol. The summed E-state index contributed by atoms with van der Waals surface area (Å²) < 4.78 is 5.79. The summed E-state index contributed by atoms with van der Waals surface area (Å²) in [4.78, 5) is 19.0. The summed E-state index contributed by atoms with van der Waals surface area (Å²) in [7, 11) is 0. The Morgan fingerprint density at radius 2 is 2.04 bits per heavy atom. The number of thiazole rings is 1. The van der Waals surface area contributed by atoms with E-state index < -0.39 is 0 Å². The van der Waals surface area contributed by atoms with E-state index in [1.807, 2.05) is 40.6 Å². The summed E-state index contributed by atoms with van der Waals surface area (Å²) in [6.07, 6.45) is 2.90. The third-order valence-electron chi connectivity index (χ3n) is 4.18. The normalized spacial score (nSPS) is 15.6. The lowest BCUT2D eigenvalue weighted by Crippen LogP contribution is -2.41. The van der Waals surface area contributed by atoms with E-state index in [2.05, 4.69) is 4.98 Å². The van der Waals surface area contributed by atoms with Crippen molar-refractivity contribution < 1.29 is 9.53 Å².